The van der Waals surface area contributed by atoms with E-state index in [1.165, 1.54) is 5.69 Å². The van der Waals surface area contributed by atoms with Gasteiger partial charge in [-0.05, 0) is 31.5 Å². The maximum Gasteiger partial charge on any atom is 0.237 e. The molecule has 1 aromatic carbocycles. The van der Waals surface area contributed by atoms with Crippen LogP contribution >= 0.6 is 0 Å². The first kappa shape index (κ1) is 19.6. The van der Waals surface area contributed by atoms with Gasteiger partial charge in [0.05, 0.1) is 25.7 Å². The van der Waals surface area contributed by atoms with E-state index in [-0.39, 0.29) is 30.3 Å². The number of carbonyl (C=O) groups is 2. The Labute approximate surface area is 161 Å². The molecule has 7 nitrogen and oxygen atoms in total. The highest BCUT2D eigenvalue weighted by Crippen LogP contribution is 2.17. The molecule has 2 N–H and O–H groups in total. The zero-order chi connectivity index (χ0) is 19.2. The second-order valence-electron chi connectivity index (χ2n) is 7.39. The van der Waals surface area contributed by atoms with Crippen LogP contribution < -0.4 is 15.5 Å². The van der Waals surface area contributed by atoms with Gasteiger partial charge in [0.1, 0.15) is 0 Å². The topological polar surface area (TPSA) is 73.9 Å². The lowest BCUT2D eigenvalue weighted by Gasteiger charge is -2.37. The van der Waals surface area contributed by atoms with E-state index in [0.29, 0.717) is 13.1 Å². The zero-order valence-electron chi connectivity index (χ0n) is 16.2. The molecule has 2 aliphatic heterocycles. The number of benzene rings is 1. The largest absolute Gasteiger partial charge is 0.378 e. The quantitative estimate of drug-likeness (QED) is 0.768. The molecule has 2 heterocycles. The molecule has 3 rings (SSSR count). The third-order valence-corrected chi connectivity index (χ3v) is 5.22. The molecule has 148 valence electrons. The lowest BCUT2D eigenvalue weighted by molar-refractivity contribution is -0.134. The summed E-state index contributed by atoms with van der Waals surface area (Å²) in [6, 6.07) is 8.10. The van der Waals surface area contributed by atoms with Crippen LogP contribution in [-0.4, -0.2) is 68.2 Å². The first-order chi connectivity index (χ1) is 13.0. The van der Waals surface area contributed by atoms with Gasteiger partial charge in [-0.2, -0.15) is 0 Å². The fraction of sp³-hybridized carbons (Fsp3) is 0.600. The Hall–Kier alpha value is -2.12. The van der Waals surface area contributed by atoms with E-state index in [0.717, 1.165) is 38.4 Å². The number of hydrogen-bond acceptors (Lipinski definition) is 5. The van der Waals surface area contributed by atoms with E-state index < -0.39 is 0 Å². The van der Waals surface area contributed by atoms with E-state index in [2.05, 4.69) is 46.4 Å². The Bertz CT molecular complexity index is 641. The van der Waals surface area contributed by atoms with Gasteiger partial charge in [0.15, 0.2) is 0 Å². The second-order valence-corrected chi connectivity index (χ2v) is 7.39. The van der Waals surface area contributed by atoms with Crippen molar-refractivity contribution in [3.8, 4) is 0 Å². The van der Waals surface area contributed by atoms with Gasteiger partial charge < -0.3 is 20.3 Å². The van der Waals surface area contributed by atoms with Crippen LogP contribution in [0.25, 0.3) is 0 Å². The Morgan fingerprint density at radius 2 is 1.93 bits per heavy atom. The summed E-state index contributed by atoms with van der Waals surface area (Å²) in [6.45, 7) is 9.35. The van der Waals surface area contributed by atoms with Crippen molar-refractivity contribution < 1.29 is 14.3 Å². The number of hydrogen-bond donors (Lipinski definition) is 2. The molecule has 0 saturated carbocycles. The smallest absolute Gasteiger partial charge is 0.237 e. The van der Waals surface area contributed by atoms with Crippen molar-refractivity contribution >= 4 is 17.5 Å². The Kier molecular flexibility index (Phi) is 6.68. The molecule has 0 radical (unpaired) electrons. The highest BCUT2D eigenvalue weighted by atomic mass is 16.5. The Balaban J connectivity index is 1.50. The molecule has 0 unspecified atom stereocenters. The third kappa shape index (κ3) is 5.20. The number of rotatable bonds is 6. The van der Waals surface area contributed by atoms with E-state index in [9.17, 15) is 9.59 Å². The average Bonchev–Trinajstić information content (AvgIpc) is 2.69. The summed E-state index contributed by atoms with van der Waals surface area (Å²) in [6.07, 6.45) is 0.190. The monoisotopic (exact) mass is 374 g/mol. The summed E-state index contributed by atoms with van der Waals surface area (Å²) in [5.41, 5.74) is 2.23. The van der Waals surface area contributed by atoms with Gasteiger partial charge in [0, 0.05) is 44.5 Å². The van der Waals surface area contributed by atoms with Crippen molar-refractivity contribution in [2.24, 2.45) is 0 Å². The number of amides is 2. The SMILES string of the molecule is CC(C)N1CCNC(=O)[C@H]1CC(=O)NCc1ccc(N2CCOCC2)cc1. The molecule has 2 fully saturated rings. The highest BCUT2D eigenvalue weighted by molar-refractivity contribution is 5.88. The lowest BCUT2D eigenvalue weighted by Crippen LogP contribution is -2.58. The van der Waals surface area contributed by atoms with Gasteiger partial charge in [-0.3, -0.25) is 14.5 Å². The summed E-state index contributed by atoms with van der Waals surface area (Å²) in [7, 11) is 0. The number of morpholine rings is 1. The van der Waals surface area contributed by atoms with Crippen molar-refractivity contribution in [3.63, 3.8) is 0 Å². The number of anilines is 1. The minimum Gasteiger partial charge on any atom is -0.378 e. The molecule has 2 amide bonds. The highest BCUT2D eigenvalue weighted by Gasteiger charge is 2.32. The van der Waals surface area contributed by atoms with Crippen LogP contribution in [0.2, 0.25) is 0 Å². The van der Waals surface area contributed by atoms with Crippen LogP contribution in [0.5, 0.6) is 0 Å². The van der Waals surface area contributed by atoms with Gasteiger partial charge in [-0.15, -0.1) is 0 Å². The standard InChI is InChI=1S/C20H30N4O3/c1-15(2)24-8-7-21-20(26)18(24)13-19(25)22-14-16-3-5-17(6-4-16)23-9-11-27-12-10-23/h3-6,15,18H,7-14H2,1-2H3,(H,21,26)(H,22,25)/t18-/m1/s1. The minimum absolute atomic E-state index is 0.0556. The summed E-state index contributed by atoms with van der Waals surface area (Å²) in [5.74, 6) is -0.153. The maximum absolute atomic E-state index is 12.4. The predicted molar refractivity (Wildman–Crippen MR) is 105 cm³/mol. The average molecular weight is 374 g/mol. The predicted octanol–water partition coefficient (Wildman–Crippen LogP) is 0.738. The number of nitrogens with one attached hydrogen (secondary N) is 2. The van der Waals surface area contributed by atoms with Crippen molar-refractivity contribution in [1.82, 2.24) is 15.5 Å². The second kappa shape index (κ2) is 9.19. The zero-order valence-corrected chi connectivity index (χ0v) is 16.2. The molecule has 2 aliphatic rings. The first-order valence-electron chi connectivity index (χ1n) is 9.76. The molecule has 0 aromatic heterocycles. The number of ether oxygens (including phenoxy) is 1. The Morgan fingerprint density at radius 3 is 2.59 bits per heavy atom. The van der Waals surface area contributed by atoms with E-state index >= 15 is 0 Å². The van der Waals surface area contributed by atoms with Crippen LogP contribution in [0.4, 0.5) is 5.69 Å². The van der Waals surface area contributed by atoms with Gasteiger partial charge in [-0.25, -0.2) is 0 Å². The van der Waals surface area contributed by atoms with Gasteiger partial charge in [0.2, 0.25) is 11.8 Å². The normalized spacial score (nSPS) is 21.2. The number of nitrogens with zero attached hydrogens (tertiary/aromatic N) is 2. The molecule has 27 heavy (non-hydrogen) atoms. The van der Waals surface area contributed by atoms with Crippen molar-refractivity contribution in [2.75, 3.05) is 44.3 Å². The Morgan fingerprint density at radius 1 is 1.22 bits per heavy atom. The first-order valence-corrected chi connectivity index (χ1v) is 9.76. The maximum atomic E-state index is 12.4. The number of piperazine rings is 1. The van der Waals surface area contributed by atoms with Crippen LogP contribution in [-0.2, 0) is 20.9 Å². The molecule has 7 heteroatoms. The van der Waals surface area contributed by atoms with Crippen LogP contribution in [0.3, 0.4) is 0 Å². The van der Waals surface area contributed by atoms with E-state index in [1.807, 2.05) is 12.1 Å². The molecule has 0 aliphatic carbocycles. The fourth-order valence-corrected chi connectivity index (χ4v) is 3.66. The molecule has 0 spiro atoms. The van der Waals surface area contributed by atoms with Crippen molar-refractivity contribution in [3.05, 3.63) is 29.8 Å². The van der Waals surface area contributed by atoms with Gasteiger partial charge in [0.25, 0.3) is 0 Å². The van der Waals surface area contributed by atoms with Crippen LogP contribution in [0.15, 0.2) is 24.3 Å². The molecular weight excluding hydrogens is 344 g/mol. The van der Waals surface area contributed by atoms with Gasteiger partial charge >= 0.3 is 0 Å². The van der Waals surface area contributed by atoms with Crippen LogP contribution in [0.1, 0.15) is 25.8 Å². The van der Waals surface area contributed by atoms with E-state index in [1.54, 1.807) is 0 Å². The molecule has 0 bridgehead atoms. The van der Waals surface area contributed by atoms with E-state index in [4.69, 9.17) is 4.74 Å². The fourth-order valence-electron chi connectivity index (χ4n) is 3.66. The van der Waals surface area contributed by atoms with Crippen molar-refractivity contribution in [2.45, 2.75) is 38.9 Å². The third-order valence-electron chi connectivity index (χ3n) is 5.22. The summed E-state index contributed by atoms with van der Waals surface area (Å²) < 4.78 is 5.38. The van der Waals surface area contributed by atoms with Gasteiger partial charge in [-0.1, -0.05) is 12.1 Å². The minimum atomic E-state index is -0.387. The molecule has 1 aromatic rings. The number of carbonyl (C=O) groups excluding carboxylic acids is 2. The molecule has 2 saturated heterocycles. The summed E-state index contributed by atoms with van der Waals surface area (Å²) >= 11 is 0. The summed E-state index contributed by atoms with van der Waals surface area (Å²) in [5, 5.41) is 5.81. The van der Waals surface area contributed by atoms with Crippen molar-refractivity contribution in [1.29, 1.82) is 0 Å². The lowest BCUT2D eigenvalue weighted by atomic mass is 10.1. The van der Waals surface area contributed by atoms with Crippen LogP contribution in [0, 0.1) is 0 Å². The summed E-state index contributed by atoms with van der Waals surface area (Å²) in [4.78, 5) is 28.9. The molecule has 1 atom stereocenters. The molecular formula is C20H30N4O3.